The maximum atomic E-state index is 12.3. The van der Waals surface area contributed by atoms with Crippen LogP contribution < -0.4 is 15.5 Å². The summed E-state index contributed by atoms with van der Waals surface area (Å²) < 4.78 is 2.00. The van der Waals surface area contributed by atoms with E-state index in [9.17, 15) is 4.79 Å². The van der Waals surface area contributed by atoms with Crippen LogP contribution in [0, 0.1) is 6.92 Å². The third kappa shape index (κ3) is 4.84. The Hall–Kier alpha value is -3.35. The standard InChI is InChI=1S/C20H24N6O/c1-15-14-18(25(2)3)24-20(23-15)22-11-10-21-19(27)16-6-8-17(9-7-16)26-12-4-5-13-26/h4-9,12-14H,10-11H2,1-3H3,(H,21,27)(H,22,23,24). The summed E-state index contributed by atoms with van der Waals surface area (Å²) in [6, 6.07) is 13.4. The summed E-state index contributed by atoms with van der Waals surface area (Å²) in [4.78, 5) is 23.0. The average molecular weight is 364 g/mol. The molecule has 1 aromatic carbocycles. The molecule has 0 aliphatic heterocycles. The molecule has 0 saturated heterocycles. The fraction of sp³-hybridized carbons (Fsp3) is 0.250. The van der Waals surface area contributed by atoms with Gasteiger partial charge in [0.05, 0.1) is 0 Å². The zero-order valence-electron chi connectivity index (χ0n) is 15.8. The van der Waals surface area contributed by atoms with E-state index in [0.29, 0.717) is 24.6 Å². The normalized spacial score (nSPS) is 10.5. The Morgan fingerprint density at radius 1 is 1.07 bits per heavy atom. The van der Waals surface area contributed by atoms with Gasteiger partial charge in [-0.05, 0) is 43.3 Å². The molecule has 2 heterocycles. The fourth-order valence-corrected chi connectivity index (χ4v) is 2.60. The number of aromatic nitrogens is 3. The predicted octanol–water partition coefficient (Wildman–Crippen LogP) is 2.48. The number of nitrogens with zero attached hydrogens (tertiary/aromatic N) is 4. The highest BCUT2D eigenvalue weighted by molar-refractivity contribution is 5.94. The highest BCUT2D eigenvalue weighted by atomic mass is 16.1. The Morgan fingerprint density at radius 2 is 1.78 bits per heavy atom. The third-order valence-electron chi connectivity index (χ3n) is 4.02. The van der Waals surface area contributed by atoms with Gasteiger partial charge < -0.3 is 20.1 Å². The van der Waals surface area contributed by atoms with Crippen molar-refractivity contribution in [1.29, 1.82) is 0 Å². The first-order valence-corrected chi connectivity index (χ1v) is 8.81. The molecule has 0 bridgehead atoms. The number of rotatable bonds is 7. The zero-order valence-corrected chi connectivity index (χ0v) is 15.8. The van der Waals surface area contributed by atoms with E-state index in [4.69, 9.17) is 0 Å². The van der Waals surface area contributed by atoms with E-state index in [1.54, 1.807) is 0 Å². The summed E-state index contributed by atoms with van der Waals surface area (Å²) in [5, 5.41) is 6.05. The topological polar surface area (TPSA) is 75.1 Å². The number of nitrogens with one attached hydrogen (secondary N) is 2. The number of aryl methyl sites for hydroxylation is 1. The molecule has 0 fully saturated rings. The van der Waals surface area contributed by atoms with Crippen molar-refractivity contribution in [2.45, 2.75) is 6.92 Å². The molecular weight excluding hydrogens is 340 g/mol. The monoisotopic (exact) mass is 364 g/mol. The van der Waals surface area contributed by atoms with Crippen LogP contribution in [0.2, 0.25) is 0 Å². The van der Waals surface area contributed by atoms with E-state index in [1.807, 2.05) is 85.3 Å². The van der Waals surface area contributed by atoms with Crippen molar-refractivity contribution in [2.24, 2.45) is 0 Å². The molecule has 7 nitrogen and oxygen atoms in total. The van der Waals surface area contributed by atoms with Crippen LogP contribution in [0.5, 0.6) is 0 Å². The van der Waals surface area contributed by atoms with Gasteiger partial charge in [-0.3, -0.25) is 4.79 Å². The Bertz CT molecular complexity index is 887. The molecule has 3 rings (SSSR count). The maximum Gasteiger partial charge on any atom is 0.251 e. The molecule has 0 saturated carbocycles. The van der Waals surface area contributed by atoms with Gasteiger partial charge in [-0.1, -0.05) is 0 Å². The summed E-state index contributed by atoms with van der Waals surface area (Å²) >= 11 is 0. The number of amides is 1. The van der Waals surface area contributed by atoms with E-state index in [0.717, 1.165) is 17.2 Å². The smallest absolute Gasteiger partial charge is 0.251 e. The number of hydrogen-bond donors (Lipinski definition) is 2. The van der Waals surface area contributed by atoms with Crippen molar-refractivity contribution in [3.8, 4) is 5.69 Å². The van der Waals surface area contributed by atoms with E-state index < -0.39 is 0 Å². The summed E-state index contributed by atoms with van der Waals surface area (Å²) in [5.74, 6) is 1.30. The number of carbonyl (C=O) groups excluding carboxylic acids is 1. The second kappa shape index (κ2) is 8.35. The quantitative estimate of drug-likeness (QED) is 0.630. The molecule has 2 N–H and O–H groups in total. The molecule has 0 radical (unpaired) electrons. The van der Waals surface area contributed by atoms with Crippen molar-refractivity contribution < 1.29 is 4.79 Å². The molecule has 3 aromatic rings. The molecule has 0 atom stereocenters. The molecule has 0 spiro atoms. The number of carbonyl (C=O) groups is 1. The summed E-state index contributed by atoms with van der Waals surface area (Å²) in [6.45, 7) is 2.95. The van der Waals surface area contributed by atoms with E-state index in [2.05, 4.69) is 20.6 Å². The Morgan fingerprint density at radius 3 is 2.44 bits per heavy atom. The van der Waals surface area contributed by atoms with Crippen molar-refractivity contribution >= 4 is 17.7 Å². The SMILES string of the molecule is Cc1cc(N(C)C)nc(NCCNC(=O)c2ccc(-n3cccc3)cc2)n1. The van der Waals surface area contributed by atoms with Crippen molar-refractivity contribution in [3.63, 3.8) is 0 Å². The molecule has 27 heavy (non-hydrogen) atoms. The van der Waals surface area contributed by atoms with E-state index >= 15 is 0 Å². The first-order valence-electron chi connectivity index (χ1n) is 8.81. The lowest BCUT2D eigenvalue weighted by Gasteiger charge is -2.14. The molecule has 1 amide bonds. The second-order valence-electron chi connectivity index (χ2n) is 6.41. The minimum Gasteiger partial charge on any atom is -0.363 e. The van der Waals surface area contributed by atoms with Crippen molar-refractivity contribution in [2.75, 3.05) is 37.4 Å². The largest absolute Gasteiger partial charge is 0.363 e. The van der Waals surface area contributed by atoms with Crippen LogP contribution in [-0.4, -0.2) is 47.6 Å². The molecule has 0 aliphatic rings. The van der Waals surface area contributed by atoms with Crippen molar-refractivity contribution in [3.05, 3.63) is 66.1 Å². The Balaban J connectivity index is 1.50. The summed E-state index contributed by atoms with van der Waals surface area (Å²) in [6.07, 6.45) is 3.94. The highest BCUT2D eigenvalue weighted by Gasteiger charge is 2.06. The summed E-state index contributed by atoms with van der Waals surface area (Å²) in [7, 11) is 3.88. The Kier molecular flexibility index (Phi) is 5.71. The van der Waals surface area contributed by atoms with Crippen LogP contribution >= 0.6 is 0 Å². The van der Waals surface area contributed by atoms with Crippen LogP contribution in [0.25, 0.3) is 5.69 Å². The molecule has 2 aromatic heterocycles. The predicted molar refractivity (Wildman–Crippen MR) is 108 cm³/mol. The van der Waals surface area contributed by atoms with Gasteiger partial charge in [0.15, 0.2) is 0 Å². The molecule has 140 valence electrons. The lowest BCUT2D eigenvalue weighted by atomic mass is 10.2. The number of hydrogen-bond acceptors (Lipinski definition) is 5. The highest BCUT2D eigenvalue weighted by Crippen LogP contribution is 2.12. The fourth-order valence-electron chi connectivity index (χ4n) is 2.60. The first kappa shape index (κ1) is 18.4. The van der Waals surface area contributed by atoms with Gasteiger partial charge in [0.1, 0.15) is 5.82 Å². The summed E-state index contributed by atoms with van der Waals surface area (Å²) in [5.41, 5.74) is 2.54. The molecule has 0 aliphatic carbocycles. The van der Waals surface area contributed by atoms with E-state index in [1.165, 1.54) is 0 Å². The van der Waals surface area contributed by atoms with Gasteiger partial charge in [-0.25, -0.2) is 4.98 Å². The number of anilines is 2. The lowest BCUT2D eigenvalue weighted by Crippen LogP contribution is -2.29. The van der Waals surface area contributed by atoms with E-state index in [-0.39, 0.29) is 5.91 Å². The van der Waals surface area contributed by atoms with Crippen LogP contribution in [0.1, 0.15) is 16.1 Å². The van der Waals surface area contributed by atoms with Gasteiger partial charge in [0.2, 0.25) is 5.95 Å². The third-order valence-corrected chi connectivity index (χ3v) is 4.02. The van der Waals surface area contributed by atoms with Gasteiger partial charge in [0, 0.05) is 62.6 Å². The first-order chi connectivity index (χ1) is 13.0. The van der Waals surface area contributed by atoms with Crippen LogP contribution in [0.15, 0.2) is 54.9 Å². The molecule has 7 heteroatoms. The Labute approximate surface area is 159 Å². The minimum absolute atomic E-state index is 0.102. The average Bonchev–Trinajstić information content (AvgIpc) is 3.19. The maximum absolute atomic E-state index is 12.3. The van der Waals surface area contributed by atoms with Gasteiger partial charge in [-0.2, -0.15) is 4.98 Å². The molecular formula is C20H24N6O. The number of benzene rings is 1. The lowest BCUT2D eigenvalue weighted by molar-refractivity contribution is 0.0955. The van der Waals surface area contributed by atoms with Crippen LogP contribution in [0.4, 0.5) is 11.8 Å². The van der Waals surface area contributed by atoms with Crippen LogP contribution in [0.3, 0.4) is 0 Å². The second-order valence-corrected chi connectivity index (χ2v) is 6.41. The molecule has 0 unspecified atom stereocenters. The minimum atomic E-state index is -0.102. The van der Waals surface area contributed by atoms with Crippen LogP contribution in [-0.2, 0) is 0 Å². The van der Waals surface area contributed by atoms with Gasteiger partial charge >= 0.3 is 0 Å². The van der Waals surface area contributed by atoms with Gasteiger partial charge in [-0.15, -0.1) is 0 Å². The zero-order chi connectivity index (χ0) is 19.2. The van der Waals surface area contributed by atoms with Gasteiger partial charge in [0.25, 0.3) is 5.91 Å². The van der Waals surface area contributed by atoms with Crippen molar-refractivity contribution in [1.82, 2.24) is 19.9 Å².